The number of rotatable bonds is 10. The molecule has 0 aliphatic carbocycles. The second-order valence-corrected chi connectivity index (χ2v) is 10.6. The molecule has 1 aromatic carbocycles. The highest BCUT2D eigenvalue weighted by atomic mass is 31.2. The summed E-state index contributed by atoms with van der Waals surface area (Å²) < 4.78 is 38.7. The third-order valence-corrected chi connectivity index (χ3v) is 8.24. The lowest BCUT2D eigenvalue weighted by Gasteiger charge is -2.33. The van der Waals surface area contributed by atoms with Crippen molar-refractivity contribution in [1.82, 2.24) is 14.2 Å². The number of carbonyl (C=O) groups excluding carboxylic acids is 1. The van der Waals surface area contributed by atoms with Crippen molar-refractivity contribution < 1.29 is 38.1 Å². The van der Waals surface area contributed by atoms with Crippen LogP contribution in [0.15, 0.2) is 52.5 Å². The lowest BCUT2D eigenvalue weighted by atomic mass is 10.1. The maximum absolute atomic E-state index is 14.3. The van der Waals surface area contributed by atoms with Gasteiger partial charge < -0.3 is 29.9 Å². The summed E-state index contributed by atoms with van der Waals surface area (Å²) in [6.45, 7) is 0.995. The smallest absolute Gasteiger partial charge is 0.462 e. The van der Waals surface area contributed by atoms with Gasteiger partial charge in [0.1, 0.15) is 29.8 Å². The van der Waals surface area contributed by atoms with Gasteiger partial charge >= 0.3 is 19.4 Å². The Labute approximate surface area is 222 Å². The van der Waals surface area contributed by atoms with Gasteiger partial charge in [0.2, 0.25) is 5.72 Å². The van der Waals surface area contributed by atoms with Gasteiger partial charge in [0, 0.05) is 17.7 Å². The van der Waals surface area contributed by atoms with Gasteiger partial charge in [0.15, 0.2) is 6.23 Å². The number of ether oxygens (including phenoxy) is 2. The van der Waals surface area contributed by atoms with E-state index in [-0.39, 0.29) is 24.7 Å². The lowest BCUT2D eigenvalue weighted by molar-refractivity contribution is -0.147. The van der Waals surface area contributed by atoms with E-state index < -0.39 is 56.2 Å². The molecule has 210 valence electrons. The number of para-hydroxylation sites is 1. The minimum absolute atomic E-state index is 0.0882. The summed E-state index contributed by atoms with van der Waals surface area (Å²) >= 11 is 0. The average Bonchev–Trinajstić information content (AvgIpc) is 3.50. The SMILES string of the molecule is CCOC(=O)[C@@H]1CCCN1P(=O)(OCC1(N=[N+]=[N-])O[C@@H](n2ccc(N)nc2=O)[C@H](O)[C@@H]1O)Oc1ccccc1. The number of nitrogens with zero attached hydrogens (tertiary/aromatic N) is 6. The van der Waals surface area contributed by atoms with E-state index >= 15 is 0 Å². The minimum atomic E-state index is -4.42. The molecule has 0 radical (unpaired) electrons. The van der Waals surface area contributed by atoms with Crippen LogP contribution in [0.2, 0.25) is 0 Å². The maximum atomic E-state index is 14.3. The van der Waals surface area contributed by atoms with E-state index in [1.54, 1.807) is 25.1 Å². The Hall–Kier alpha value is -3.49. The van der Waals surface area contributed by atoms with Crippen LogP contribution in [0, 0.1) is 0 Å². The Balaban J connectivity index is 1.67. The number of hydrogen-bond donors (Lipinski definition) is 3. The molecule has 2 aliphatic heterocycles. The van der Waals surface area contributed by atoms with Crippen molar-refractivity contribution >= 4 is 19.5 Å². The number of aliphatic hydroxyl groups is 2. The normalized spacial score (nSPS) is 28.4. The van der Waals surface area contributed by atoms with Crippen LogP contribution >= 0.6 is 7.75 Å². The Morgan fingerprint density at radius 3 is 2.77 bits per heavy atom. The maximum Gasteiger partial charge on any atom is 0.462 e. The first-order valence-electron chi connectivity index (χ1n) is 12.0. The number of benzene rings is 1. The van der Waals surface area contributed by atoms with Crippen LogP contribution in [0.25, 0.3) is 10.4 Å². The van der Waals surface area contributed by atoms with Crippen molar-refractivity contribution in [3.8, 4) is 5.75 Å². The molecule has 2 fully saturated rings. The van der Waals surface area contributed by atoms with Crippen molar-refractivity contribution in [2.24, 2.45) is 5.11 Å². The predicted molar refractivity (Wildman–Crippen MR) is 134 cm³/mol. The third kappa shape index (κ3) is 5.77. The summed E-state index contributed by atoms with van der Waals surface area (Å²) in [5.41, 5.74) is 11.5. The number of anilines is 1. The van der Waals surface area contributed by atoms with Gasteiger partial charge in [0.25, 0.3) is 0 Å². The summed E-state index contributed by atoms with van der Waals surface area (Å²) in [5, 5.41) is 25.1. The molecule has 16 nitrogen and oxygen atoms in total. The van der Waals surface area contributed by atoms with Crippen LogP contribution in [0.4, 0.5) is 5.82 Å². The van der Waals surface area contributed by atoms with Crippen molar-refractivity contribution in [3.05, 3.63) is 63.5 Å². The third-order valence-electron chi connectivity index (χ3n) is 6.24. The number of carbonyl (C=O) groups is 1. The molecular formula is C22H28N7O9P. The minimum Gasteiger partial charge on any atom is -0.465 e. The molecule has 3 heterocycles. The van der Waals surface area contributed by atoms with Crippen LogP contribution in [0.3, 0.4) is 0 Å². The van der Waals surface area contributed by atoms with Crippen molar-refractivity contribution in [1.29, 1.82) is 0 Å². The zero-order valence-corrected chi connectivity index (χ0v) is 21.7. The van der Waals surface area contributed by atoms with E-state index in [2.05, 4.69) is 15.0 Å². The number of aliphatic hydroxyl groups excluding tert-OH is 2. The van der Waals surface area contributed by atoms with Crippen LogP contribution < -0.4 is 15.9 Å². The highest BCUT2D eigenvalue weighted by Crippen LogP contribution is 2.56. The van der Waals surface area contributed by atoms with Crippen LogP contribution in [0.1, 0.15) is 26.0 Å². The van der Waals surface area contributed by atoms with E-state index in [9.17, 15) is 29.9 Å². The summed E-state index contributed by atoms with van der Waals surface area (Å²) in [5.74, 6) is -0.559. The molecule has 4 N–H and O–H groups in total. The fourth-order valence-corrected chi connectivity index (χ4v) is 6.36. The summed E-state index contributed by atoms with van der Waals surface area (Å²) in [4.78, 5) is 31.2. The first-order chi connectivity index (χ1) is 18.6. The number of hydrogen-bond acceptors (Lipinski definition) is 12. The fraction of sp³-hybridized carbons (Fsp3) is 0.500. The lowest BCUT2D eigenvalue weighted by Crippen LogP contribution is -2.46. The van der Waals surface area contributed by atoms with Gasteiger partial charge in [-0.1, -0.05) is 23.3 Å². The molecule has 0 saturated carbocycles. The highest BCUT2D eigenvalue weighted by molar-refractivity contribution is 7.51. The molecule has 0 amide bonds. The molecule has 2 saturated heterocycles. The number of nitrogens with two attached hydrogens (primary N) is 1. The van der Waals surface area contributed by atoms with Crippen molar-refractivity contribution in [2.45, 2.75) is 50.0 Å². The van der Waals surface area contributed by atoms with Crippen LogP contribution in [0.5, 0.6) is 5.75 Å². The first-order valence-corrected chi connectivity index (χ1v) is 13.5. The largest absolute Gasteiger partial charge is 0.465 e. The molecule has 6 atom stereocenters. The number of aromatic nitrogens is 2. The number of azide groups is 1. The second kappa shape index (κ2) is 11.7. The second-order valence-electron chi connectivity index (χ2n) is 8.74. The Morgan fingerprint density at radius 1 is 1.36 bits per heavy atom. The Bertz CT molecular complexity index is 1340. The van der Waals surface area contributed by atoms with Crippen LogP contribution in [-0.2, 0) is 23.4 Å². The molecule has 4 rings (SSSR count). The van der Waals surface area contributed by atoms with E-state index in [4.69, 9.17) is 24.3 Å². The molecule has 1 aromatic heterocycles. The van der Waals surface area contributed by atoms with Gasteiger partial charge in [0.05, 0.1) is 13.2 Å². The zero-order chi connectivity index (χ0) is 28.2. The molecule has 0 spiro atoms. The molecule has 2 aromatic rings. The zero-order valence-electron chi connectivity index (χ0n) is 20.8. The first kappa shape index (κ1) is 28.5. The molecule has 2 unspecified atom stereocenters. The predicted octanol–water partition coefficient (Wildman–Crippen LogP) is 1.31. The fourth-order valence-electron chi connectivity index (χ4n) is 4.38. The quantitative estimate of drug-likeness (QED) is 0.122. The molecule has 2 aliphatic rings. The van der Waals surface area contributed by atoms with Crippen molar-refractivity contribution in [3.63, 3.8) is 0 Å². The van der Waals surface area contributed by atoms with E-state index in [0.717, 1.165) is 4.57 Å². The van der Waals surface area contributed by atoms with Crippen molar-refractivity contribution in [2.75, 3.05) is 25.5 Å². The van der Waals surface area contributed by atoms with E-state index in [1.165, 1.54) is 29.1 Å². The topological polar surface area (TPSA) is 224 Å². The average molecular weight is 565 g/mol. The summed E-state index contributed by atoms with van der Waals surface area (Å²) in [6, 6.07) is 8.34. The van der Waals surface area contributed by atoms with Gasteiger partial charge in [-0.2, -0.15) is 9.65 Å². The van der Waals surface area contributed by atoms with Gasteiger partial charge in [-0.15, -0.1) is 0 Å². The molecule has 39 heavy (non-hydrogen) atoms. The Kier molecular flexibility index (Phi) is 8.57. The summed E-state index contributed by atoms with van der Waals surface area (Å²) in [7, 11) is -4.42. The number of nitrogen functional groups attached to an aromatic ring is 1. The van der Waals surface area contributed by atoms with Gasteiger partial charge in [-0.05, 0) is 43.5 Å². The van der Waals surface area contributed by atoms with E-state index in [0.29, 0.717) is 12.8 Å². The molecule has 17 heteroatoms. The standard InChI is InChI=1S/C22H28N7O9P/c1-2-35-20(32)15-9-6-11-29(15)39(34,38-14-7-4-3-5-8-14)36-13-22(26-27-24)18(31)17(30)19(37-22)28-12-10-16(23)25-21(28)33/h3-5,7-8,10,12,15,17-19,30-31H,2,6,9,11,13H2,1H3,(H2,23,25,33)/t15-,17+,18-,19+,22?,39?/m0/s1. The number of esters is 1. The molecule has 0 bridgehead atoms. The van der Waals surface area contributed by atoms with Gasteiger partial charge in [-0.3, -0.25) is 13.9 Å². The monoisotopic (exact) mass is 565 g/mol. The van der Waals surface area contributed by atoms with Crippen LogP contribution in [-0.4, -0.2) is 74.1 Å². The van der Waals surface area contributed by atoms with E-state index in [1.807, 2.05) is 0 Å². The van der Waals surface area contributed by atoms with Gasteiger partial charge in [-0.25, -0.2) is 9.36 Å². The Morgan fingerprint density at radius 2 is 2.10 bits per heavy atom. The highest BCUT2D eigenvalue weighted by Gasteiger charge is 2.57. The summed E-state index contributed by atoms with van der Waals surface area (Å²) in [6.07, 6.45) is -3.33. The molecular weight excluding hydrogens is 537 g/mol.